The van der Waals surface area contributed by atoms with Crippen LogP contribution in [-0.2, 0) is 6.42 Å². The van der Waals surface area contributed by atoms with Gasteiger partial charge in [-0.3, -0.25) is 4.79 Å². The van der Waals surface area contributed by atoms with Gasteiger partial charge < -0.3 is 10.1 Å². The van der Waals surface area contributed by atoms with E-state index in [1.165, 1.54) is 4.52 Å². The van der Waals surface area contributed by atoms with Gasteiger partial charge in [0.15, 0.2) is 0 Å². The lowest BCUT2D eigenvalue weighted by atomic mass is 10.2. The predicted molar refractivity (Wildman–Crippen MR) is 56.3 cm³/mol. The van der Waals surface area contributed by atoms with Crippen molar-refractivity contribution in [3.63, 3.8) is 0 Å². The molecule has 2 rings (SSSR count). The Morgan fingerprint density at radius 1 is 1.47 bits per heavy atom. The molecule has 2 aromatic rings. The maximum Gasteiger partial charge on any atom is 0.257 e. The van der Waals surface area contributed by atoms with E-state index in [2.05, 4.69) is 10.1 Å². The number of aromatic amines is 1. The molecule has 0 saturated heterocycles. The van der Waals surface area contributed by atoms with Crippen molar-refractivity contribution in [1.82, 2.24) is 14.6 Å². The molecular formula is C10H13N3O2. The maximum absolute atomic E-state index is 11.5. The number of nitrogens with one attached hydrogen (secondary N) is 1. The first-order valence-electron chi connectivity index (χ1n) is 4.86. The van der Waals surface area contributed by atoms with Crippen molar-refractivity contribution in [2.45, 2.75) is 27.2 Å². The second kappa shape index (κ2) is 3.12. The Morgan fingerprint density at radius 3 is 2.73 bits per heavy atom. The third kappa shape index (κ3) is 1.23. The van der Waals surface area contributed by atoms with Crippen molar-refractivity contribution in [3.05, 3.63) is 27.2 Å². The van der Waals surface area contributed by atoms with Gasteiger partial charge in [0.05, 0.1) is 11.3 Å². The minimum atomic E-state index is -0.269. The summed E-state index contributed by atoms with van der Waals surface area (Å²) in [4.78, 5) is 14.2. The fourth-order valence-electron chi connectivity index (χ4n) is 1.73. The molecule has 5 nitrogen and oxygen atoms in total. The fraction of sp³-hybridized carbons (Fsp3) is 0.400. The summed E-state index contributed by atoms with van der Waals surface area (Å²) in [6.07, 6.45) is 0.772. The van der Waals surface area contributed by atoms with Crippen LogP contribution in [-0.4, -0.2) is 19.7 Å². The van der Waals surface area contributed by atoms with Gasteiger partial charge in [0.1, 0.15) is 5.65 Å². The lowest BCUT2D eigenvalue weighted by Gasteiger charge is -2.01. The SMILES string of the molecule is CCc1c(C)nn2c(O)c(C)c(=O)[nH]c12. The van der Waals surface area contributed by atoms with Gasteiger partial charge in [0.25, 0.3) is 5.56 Å². The maximum atomic E-state index is 11.5. The van der Waals surface area contributed by atoms with Crippen LogP contribution in [0.15, 0.2) is 4.79 Å². The number of nitrogens with zero attached hydrogens (tertiary/aromatic N) is 2. The minimum absolute atomic E-state index is 0.0865. The molecule has 0 bridgehead atoms. The van der Waals surface area contributed by atoms with Gasteiger partial charge in [-0.1, -0.05) is 6.92 Å². The topological polar surface area (TPSA) is 70.4 Å². The monoisotopic (exact) mass is 207 g/mol. The second-order valence-electron chi connectivity index (χ2n) is 3.58. The van der Waals surface area contributed by atoms with E-state index in [-0.39, 0.29) is 17.0 Å². The molecule has 0 aromatic carbocycles. The molecule has 2 aromatic heterocycles. The molecule has 5 heteroatoms. The molecular weight excluding hydrogens is 194 g/mol. The van der Waals surface area contributed by atoms with Crippen LogP contribution in [0, 0.1) is 13.8 Å². The molecule has 15 heavy (non-hydrogen) atoms. The summed E-state index contributed by atoms with van der Waals surface area (Å²) >= 11 is 0. The van der Waals surface area contributed by atoms with Crippen molar-refractivity contribution < 1.29 is 5.11 Å². The Bertz CT molecular complexity index is 580. The normalized spacial score (nSPS) is 11.1. The van der Waals surface area contributed by atoms with Crippen LogP contribution in [0.1, 0.15) is 23.7 Å². The lowest BCUT2D eigenvalue weighted by molar-refractivity contribution is 0.429. The Morgan fingerprint density at radius 2 is 2.13 bits per heavy atom. The van der Waals surface area contributed by atoms with Gasteiger partial charge in [0, 0.05) is 5.56 Å². The molecule has 0 aliphatic rings. The molecule has 0 aliphatic heterocycles. The van der Waals surface area contributed by atoms with Crippen LogP contribution >= 0.6 is 0 Å². The minimum Gasteiger partial charge on any atom is -0.493 e. The largest absolute Gasteiger partial charge is 0.493 e. The number of H-pyrrole nitrogens is 1. The van der Waals surface area contributed by atoms with Crippen LogP contribution in [0.4, 0.5) is 0 Å². The van der Waals surface area contributed by atoms with Crippen LogP contribution in [0.5, 0.6) is 5.88 Å². The summed E-state index contributed by atoms with van der Waals surface area (Å²) in [7, 11) is 0. The molecule has 0 radical (unpaired) electrons. The van der Waals surface area contributed by atoms with E-state index in [4.69, 9.17) is 0 Å². The third-order valence-corrected chi connectivity index (χ3v) is 2.65. The fourth-order valence-corrected chi connectivity index (χ4v) is 1.73. The molecule has 0 aliphatic carbocycles. The van der Waals surface area contributed by atoms with Crippen LogP contribution in [0.2, 0.25) is 0 Å². The number of rotatable bonds is 1. The van der Waals surface area contributed by atoms with E-state index >= 15 is 0 Å². The van der Waals surface area contributed by atoms with Crippen LogP contribution in [0.25, 0.3) is 5.65 Å². The molecule has 0 atom stereocenters. The predicted octanol–water partition coefficient (Wildman–Crippen LogP) is 0.907. The zero-order valence-electron chi connectivity index (χ0n) is 8.96. The van der Waals surface area contributed by atoms with Crippen molar-refractivity contribution in [2.24, 2.45) is 0 Å². The number of aromatic hydroxyl groups is 1. The zero-order valence-corrected chi connectivity index (χ0v) is 8.96. The average molecular weight is 207 g/mol. The highest BCUT2D eigenvalue weighted by Crippen LogP contribution is 2.18. The van der Waals surface area contributed by atoms with Crippen molar-refractivity contribution >= 4 is 5.65 Å². The summed E-state index contributed by atoms with van der Waals surface area (Å²) in [5.41, 5.74) is 2.39. The highest BCUT2D eigenvalue weighted by atomic mass is 16.3. The Hall–Kier alpha value is -1.78. The average Bonchev–Trinajstić information content (AvgIpc) is 2.51. The molecule has 2 heterocycles. The summed E-state index contributed by atoms with van der Waals surface area (Å²) < 4.78 is 1.38. The van der Waals surface area contributed by atoms with Crippen molar-refractivity contribution in [2.75, 3.05) is 0 Å². The van der Waals surface area contributed by atoms with Gasteiger partial charge in [-0.2, -0.15) is 9.61 Å². The lowest BCUT2D eigenvalue weighted by Crippen LogP contribution is -2.13. The first-order chi connectivity index (χ1) is 7.06. The molecule has 0 fully saturated rings. The third-order valence-electron chi connectivity index (χ3n) is 2.65. The molecule has 2 N–H and O–H groups in total. The number of fused-ring (bicyclic) bond motifs is 1. The van der Waals surface area contributed by atoms with E-state index in [1.807, 2.05) is 13.8 Å². The van der Waals surface area contributed by atoms with E-state index < -0.39 is 0 Å². The number of aromatic nitrogens is 3. The highest BCUT2D eigenvalue weighted by Gasteiger charge is 2.14. The molecule has 80 valence electrons. The van der Waals surface area contributed by atoms with E-state index in [1.54, 1.807) is 6.92 Å². The second-order valence-corrected chi connectivity index (χ2v) is 3.58. The number of hydrogen-bond acceptors (Lipinski definition) is 3. The Kier molecular flexibility index (Phi) is 2.03. The van der Waals surface area contributed by atoms with Gasteiger partial charge in [-0.15, -0.1) is 0 Å². The summed E-state index contributed by atoms with van der Waals surface area (Å²) in [5.74, 6) is -0.0865. The van der Waals surface area contributed by atoms with Crippen molar-refractivity contribution in [1.29, 1.82) is 0 Å². The highest BCUT2D eigenvalue weighted by molar-refractivity contribution is 5.52. The van der Waals surface area contributed by atoms with E-state index in [0.717, 1.165) is 17.7 Å². The number of aryl methyl sites for hydroxylation is 2. The van der Waals surface area contributed by atoms with Crippen LogP contribution in [0.3, 0.4) is 0 Å². The first-order valence-corrected chi connectivity index (χ1v) is 4.86. The quantitative estimate of drug-likeness (QED) is 0.730. The summed E-state index contributed by atoms with van der Waals surface area (Å²) in [5, 5.41) is 13.9. The van der Waals surface area contributed by atoms with Gasteiger partial charge >= 0.3 is 0 Å². The smallest absolute Gasteiger partial charge is 0.257 e. The molecule has 0 amide bonds. The first kappa shape index (κ1) is 9.76. The summed E-state index contributed by atoms with van der Waals surface area (Å²) in [6.45, 7) is 5.41. The Labute approximate surface area is 86.4 Å². The zero-order chi connectivity index (χ0) is 11.2. The number of hydrogen-bond donors (Lipinski definition) is 2. The van der Waals surface area contributed by atoms with Gasteiger partial charge in [-0.25, -0.2) is 0 Å². The van der Waals surface area contributed by atoms with E-state index in [9.17, 15) is 9.90 Å². The van der Waals surface area contributed by atoms with Gasteiger partial charge in [0.2, 0.25) is 5.88 Å². The van der Waals surface area contributed by atoms with Crippen LogP contribution < -0.4 is 5.56 Å². The standard InChI is InChI=1S/C10H13N3O2/c1-4-7-6(3)12-13-8(7)11-9(14)5(2)10(13)15/h15H,4H2,1-3H3,(H,11,14). The molecule has 0 saturated carbocycles. The summed E-state index contributed by atoms with van der Waals surface area (Å²) in [6, 6.07) is 0. The molecule has 0 unspecified atom stereocenters. The Balaban J connectivity index is 2.98. The van der Waals surface area contributed by atoms with Gasteiger partial charge in [-0.05, 0) is 20.3 Å². The van der Waals surface area contributed by atoms with E-state index in [0.29, 0.717) is 5.65 Å². The van der Waals surface area contributed by atoms with Crippen molar-refractivity contribution in [3.8, 4) is 5.88 Å². The molecule has 0 spiro atoms.